The highest BCUT2D eigenvalue weighted by Gasteiger charge is 2.15. The van der Waals surface area contributed by atoms with Gasteiger partial charge >= 0.3 is 0 Å². The van der Waals surface area contributed by atoms with Gasteiger partial charge in [0.05, 0.1) is 4.90 Å². The number of sulfonamides is 1. The van der Waals surface area contributed by atoms with E-state index in [-0.39, 0.29) is 4.90 Å². The highest BCUT2D eigenvalue weighted by molar-refractivity contribution is 7.89. The minimum Gasteiger partial charge on any atom is -0.316 e. The molecule has 0 saturated carbocycles. The molecule has 0 atom stereocenters. The van der Waals surface area contributed by atoms with Crippen molar-refractivity contribution in [2.45, 2.75) is 37.6 Å². The minimum absolute atomic E-state index is 0.107. The quantitative estimate of drug-likeness (QED) is 0.720. The Labute approximate surface area is 114 Å². The summed E-state index contributed by atoms with van der Waals surface area (Å²) in [6.45, 7) is 2.76. The van der Waals surface area contributed by atoms with Gasteiger partial charge in [-0.05, 0) is 31.7 Å². The first-order valence-electron chi connectivity index (χ1n) is 6.44. The Morgan fingerprint density at radius 1 is 1.26 bits per heavy atom. The second kappa shape index (κ2) is 7.57. The van der Waals surface area contributed by atoms with Crippen molar-refractivity contribution < 1.29 is 12.8 Å². The summed E-state index contributed by atoms with van der Waals surface area (Å²) < 4.78 is 40.0. The van der Waals surface area contributed by atoms with Gasteiger partial charge < -0.3 is 5.32 Å². The summed E-state index contributed by atoms with van der Waals surface area (Å²) in [5, 5.41) is 2.81. The molecule has 1 aromatic rings. The molecule has 0 aliphatic carbocycles. The fourth-order valence-electron chi connectivity index (χ4n) is 1.71. The minimum atomic E-state index is -3.54. The van der Waals surface area contributed by atoms with Crippen LogP contribution < -0.4 is 10.0 Å². The molecular formula is C13H21FN2O2S. The van der Waals surface area contributed by atoms with E-state index in [0.717, 1.165) is 19.3 Å². The van der Waals surface area contributed by atoms with Gasteiger partial charge in [-0.15, -0.1) is 0 Å². The van der Waals surface area contributed by atoms with Gasteiger partial charge in [-0.25, -0.2) is 17.5 Å². The summed E-state index contributed by atoms with van der Waals surface area (Å²) in [6.07, 6.45) is 2.82. The number of rotatable bonds is 8. The van der Waals surface area contributed by atoms with Crippen LogP contribution in [0, 0.1) is 5.82 Å². The molecule has 0 bridgehead atoms. The van der Waals surface area contributed by atoms with Crippen LogP contribution in [-0.2, 0) is 16.6 Å². The van der Waals surface area contributed by atoms with Crippen molar-refractivity contribution in [3.05, 3.63) is 29.6 Å². The predicted molar refractivity (Wildman–Crippen MR) is 73.9 cm³/mol. The first kappa shape index (κ1) is 16.1. The molecule has 0 heterocycles. The molecule has 0 fully saturated rings. The second-order valence-corrected chi connectivity index (χ2v) is 6.16. The van der Waals surface area contributed by atoms with Crippen LogP contribution in [0.4, 0.5) is 4.39 Å². The molecule has 0 aliphatic heterocycles. The Morgan fingerprint density at radius 3 is 2.63 bits per heavy atom. The number of unbranched alkanes of at least 4 members (excludes halogenated alkanes) is 2. The molecule has 4 nitrogen and oxygen atoms in total. The van der Waals surface area contributed by atoms with Crippen LogP contribution in [0.2, 0.25) is 0 Å². The van der Waals surface area contributed by atoms with E-state index < -0.39 is 15.8 Å². The lowest BCUT2D eigenvalue weighted by Crippen LogP contribution is -2.25. The van der Waals surface area contributed by atoms with Gasteiger partial charge in [-0.2, -0.15) is 0 Å². The number of hydrogen-bond donors (Lipinski definition) is 2. The highest BCUT2D eigenvalue weighted by atomic mass is 32.2. The molecule has 0 radical (unpaired) electrons. The maximum absolute atomic E-state index is 13.4. The molecule has 0 aromatic heterocycles. The van der Waals surface area contributed by atoms with E-state index in [1.165, 1.54) is 18.2 Å². The molecule has 0 saturated heterocycles. The van der Waals surface area contributed by atoms with E-state index in [1.54, 1.807) is 7.05 Å². The van der Waals surface area contributed by atoms with Crippen LogP contribution in [0.3, 0.4) is 0 Å². The summed E-state index contributed by atoms with van der Waals surface area (Å²) >= 11 is 0. The summed E-state index contributed by atoms with van der Waals surface area (Å²) in [5.74, 6) is -0.403. The number of hydrogen-bond acceptors (Lipinski definition) is 3. The van der Waals surface area contributed by atoms with E-state index >= 15 is 0 Å². The Hall–Kier alpha value is -0.980. The number of benzene rings is 1. The molecule has 6 heteroatoms. The van der Waals surface area contributed by atoms with Gasteiger partial charge in [-0.3, -0.25) is 0 Å². The van der Waals surface area contributed by atoms with Gasteiger partial charge in [0, 0.05) is 18.7 Å². The topological polar surface area (TPSA) is 58.2 Å². The van der Waals surface area contributed by atoms with Crippen LogP contribution in [0.25, 0.3) is 0 Å². The molecule has 19 heavy (non-hydrogen) atoms. The van der Waals surface area contributed by atoms with Crippen LogP contribution in [0.5, 0.6) is 0 Å². The lowest BCUT2D eigenvalue weighted by atomic mass is 10.2. The Morgan fingerprint density at radius 2 is 2.00 bits per heavy atom. The van der Waals surface area contributed by atoms with E-state index in [4.69, 9.17) is 0 Å². The Bertz CT molecular complexity index is 503. The molecule has 0 unspecified atom stereocenters. The maximum atomic E-state index is 13.4. The Balaban J connectivity index is 2.80. The van der Waals surface area contributed by atoms with E-state index in [0.29, 0.717) is 18.7 Å². The van der Waals surface area contributed by atoms with E-state index in [1.807, 2.05) is 0 Å². The molecule has 0 amide bonds. The van der Waals surface area contributed by atoms with Crippen LogP contribution in [0.15, 0.2) is 23.1 Å². The average molecular weight is 288 g/mol. The monoisotopic (exact) mass is 288 g/mol. The third-order valence-electron chi connectivity index (χ3n) is 2.77. The number of halogens is 1. The third kappa shape index (κ3) is 4.89. The van der Waals surface area contributed by atoms with E-state index in [9.17, 15) is 12.8 Å². The van der Waals surface area contributed by atoms with Gasteiger partial charge in [0.15, 0.2) is 0 Å². The van der Waals surface area contributed by atoms with Crippen molar-refractivity contribution in [3.63, 3.8) is 0 Å². The van der Waals surface area contributed by atoms with Gasteiger partial charge in [0.1, 0.15) is 5.82 Å². The first-order chi connectivity index (χ1) is 9.01. The summed E-state index contributed by atoms with van der Waals surface area (Å²) in [4.78, 5) is 0.107. The summed E-state index contributed by atoms with van der Waals surface area (Å²) in [6, 6.07) is 3.85. The molecule has 2 N–H and O–H groups in total. The predicted octanol–water partition coefficient (Wildman–Crippen LogP) is 2.01. The van der Waals surface area contributed by atoms with Crippen molar-refractivity contribution in [2.24, 2.45) is 0 Å². The highest BCUT2D eigenvalue weighted by Crippen LogP contribution is 2.15. The summed E-state index contributed by atoms with van der Waals surface area (Å²) in [5.41, 5.74) is 0.346. The summed E-state index contributed by atoms with van der Waals surface area (Å²) in [7, 11) is -1.86. The molecule has 0 aliphatic rings. The largest absolute Gasteiger partial charge is 0.316 e. The van der Waals surface area contributed by atoms with Crippen LogP contribution >= 0.6 is 0 Å². The first-order valence-corrected chi connectivity index (χ1v) is 7.92. The zero-order valence-electron chi connectivity index (χ0n) is 11.4. The van der Waals surface area contributed by atoms with Crippen molar-refractivity contribution in [1.29, 1.82) is 0 Å². The van der Waals surface area contributed by atoms with Crippen molar-refractivity contribution >= 4 is 10.0 Å². The zero-order valence-corrected chi connectivity index (χ0v) is 12.2. The lowest BCUT2D eigenvalue weighted by molar-refractivity contribution is 0.573. The third-order valence-corrected chi connectivity index (χ3v) is 4.23. The fraction of sp³-hybridized carbons (Fsp3) is 0.538. The normalized spacial score (nSPS) is 11.7. The van der Waals surface area contributed by atoms with Crippen LogP contribution in [-0.4, -0.2) is 22.0 Å². The van der Waals surface area contributed by atoms with Crippen LogP contribution in [0.1, 0.15) is 31.7 Å². The molecule has 1 rings (SSSR count). The van der Waals surface area contributed by atoms with Crippen molar-refractivity contribution in [2.75, 3.05) is 13.6 Å². The molecule has 1 aromatic carbocycles. The maximum Gasteiger partial charge on any atom is 0.240 e. The Kier molecular flexibility index (Phi) is 6.41. The second-order valence-electron chi connectivity index (χ2n) is 4.39. The molecular weight excluding hydrogens is 267 g/mol. The van der Waals surface area contributed by atoms with Gasteiger partial charge in [0.25, 0.3) is 0 Å². The van der Waals surface area contributed by atoms with Crippen molar-refractivity contribution in [1.82, 2.24) is 10.0 Å². The lowest BCUT2D eigenvalue weighted by Gasteiger charge is -2.09. The molecule has 108 valence electrons. The SMILES string of the molecule is CCCCCNS(=O)(=O)c1ccc(F)c(CNC)c1. The average Bonchev–Trinajstić information content (AvgIpc) is 2.37. The standard InChI is InChI=1S/C13H21FN2O2S/c1-3-4-5-8-16-19(17,18)12-6-7-13(14)11(9-12)10-15-2/h6-7,9,15-16H,3-5,8,10H2,1-2H3. The van der Waals surface area contributed by atoms with Gasteiger partial charge in [-0.1, -0.05) is 19.8 Å². The van der Waals surface area contributed by atoms with E-state index in [2.05, 4.69) is 17.0 Å². The zero-order chi connectivity index (χ0) is 14.3. The fourth-order valence-corrected chi connectivity index (χ4v) is 2.83. The number of nitrogens with one attached hydrogen (secondary N) is 2. The van der Waals surface area contributed by atoms with Crippen molar-refractivity contribution in [3.8, 4) is 0 Å². The van der Waals surface area contributed by atoms with Gasteiger partial charge in [0.2, 0.25) is 10.0 Å². The molecule has 0 spiro atoms. The smallest absolute Gasteiger partial charge is 0.240 e.